The molecular formula is C12H22ClN3O. The largest absolute Gasteiger partial charge is 0.380 e. The van der Waals surface area contributed by atoms with Crippen LogP contribution >= 0.6 is 11.6 Å². The lowest BCUT2D eigenvalue weighted by atomic mass is 10.4. The summed E-state index contributed by atoms with van der Waals surface area (Å²) in [5.41, 5.74) is 0.884. The van der Waals surface area contributed by atoms with Gasteiger partial charge in [0.2, 0.25) is 0 Å². The summed E-state index contributed by atoms with van der Waals surface area (Å²) in [5, 5.41) is 8.32. The van der Waals surface area contributed by atoms with Crippen LogP contribution < -0.4 is 5.32 Å². The highest BCUT2D eigenvalue weighted by atomic mass is 35.5. The Balaban J connectivity index is 1.97. The number of ether oxygens (including phenoxy) is 1. The summed E-state index contributed by atoms with van der Waals surface area (Å²) in [6, 6.07) is 0. The highest BCUT2D eigenvalue weighted by Gasteiger charge is 2.00. The third-order valence-electron chi connectivity index (χ3n) is 2.47. The van der Waals surface area contributed by atoms with Gasteiger partial charge in [-0.3, -0.25) is 4.68 Å². The molecule has 0 atom stereocenters. The van der Waals surface area contributed by atoms with Gasteiger partial charge in [-0.1, -0.05) is 24.9 Å². The van der Waals surface area contributed by atoms with Crippen LogP contribution in [0.25, 0.3) is 0 Å². The first-order chi connectivity index (χ1) is 8.24. The van der Waals surface area contributed by atoms with E-state index < -0.39 is 0 Å². The van der Waals surface area contributed by atoms with E-state index in [1.165, 1.54) is 6.42 Å². The summed E-state index contributed by atoms with van der Waals surface area (Å²) in [4.78, 5) is 0. The SMILES string of the molecule is CCCCOCCNCCn1cc(Cl)c(C)n1. The maximum absolute atomic E-state index is 5.92. The number of aromatic nitrogens is 2. The van der Waals surface area contributed by atoms with E-state index in [-0.39, 0.29) is 0 Å². The van der Waals surface area contributed by atoms with Crippen molar-refractivity contribution in [2.45, 2.75) is 33.2 Å². The number of nitrogens with zero attached hydrogens (tertiary/aromatic N) is 2. The highest BCUT2D eigenvalue weighted by molar-refractivity contribution is 6.31. The fraction of sp³-hybridized carbons (Fsp3) is 0.750. The van der Waals surface area contributed by atoms with E-state index in [4.69, 9.17) is 16.3 Å². The summed E-state index contributed by atoms with van der Waals surface area (Å²) >= 11 is 5.92. The summed E-state index contributed by atoms with van der Waals surface area (Å²) in [6.45, 7) is 8.33. The smallest absolute Gasteiger partial charge is 0.0814 e. The molecule has 0 bridgehead atoms. The molecule has 17 heavy (non-hydrogen) atoms. The lowest BCUT2D eigenvalue weighted by Crippen LogP contribution is -2.24. The maximum Gasteiger partial charge on any atom is 0.0814 e. The van der Waals surface area contributed by atoms with Crippen molar-refractivity contribution in [3.63, 3.8) is 0 Å². The first kappa shape index (κ1) is 14.5. The van der Waals surface area contributed by atoms with E-state index in [9.17, 15) is 0 Å². The molecule has 0 unspecified atom stereocenters. The Kier molecular flexibility index (Phi) is 7.24. The first-order valence-electron chi connectivity index (χ1n) is 6.22. The molecule has 1 aromatic rings. The van der Waals surface area contributed by atoms with Gasteiger partial charge < -0.3 is 10.1 Å². The first-order valence-corrected chi connectivity index (χ1v) is 6.60. The lowest BCUT2D eigenvalue weighted by molar-refractivity contribution is 0.133. The van der Waals surface area contributed by atoms with Gasteiger partial charge in [0.05, 0.1) is 23.9 Å². The third kappa shape index (κ3) is 6.05. The second-order valence-corrected chi connectivity index (χ2v) is 4.45. The molecular weight excluding hydrogens is 238 g/mol. The quantitative estimate of drug-likeness (QED) is 0.692. The summed E-state index contributed by atoms with van der Waals surface area (Å²) < 4.78 is 7.31. The number of unbranched alkanes of at least 4 members (excludes halogenated alkanes) is 1. The van der Waals surface area contributed by atoms with Gasteiger partial charge in [-0.05, 0) is 13.3 Å². The van der Waals surface area contributed by atoms with Crippen molar-refractivity contribution in [2.75, 3.05) is 26.3 Å². The molecule has 0 aliphatic rings. The van der Waals surface area contributed by atoms with Gasteiger partial charge in [-0.15, -0.1) is 0 Å². The van der Waals surface area contributed by atoms with Crippen LogP contribution in [-0.2, 0) is 11.3 Å². The van der Waals surface area contributed by atoms with Crippen LogP contribution in [0.1, 0.15) is 25.5 Å². The minimum Gasteiger partial charge on any atom is -0.380 e. The molecule has 0 amide bonds. The summed E-state index contributed by atoms with van der Waals surface area (Å²) in [7, 11) is 0. The van der Waals surface area contributed by atoms with Gasteiger partial charge in [0.25, 0.3) is 0 Å². The van der Waals surface area contributed by atoms with Gasteiger partial charge in [0.15, 0.2) is 0 Å². The third-order valence-corrected chi connectivity index (χ3v) is 2.84. The molecule has 0 aliphatic heterocycles. The molecule has 0 saturated heterocycles. The van der Waals surface area contributed by atoms with E-state index in [0.717, 1.165) is 50.0 Å². The lowest BCUT2D eigenvalue weighted by Gasteiger charge is -2.05. The van der Waals surface area contributed by atoms with Crippen LogP contribution in [0.5, 0.6) is 0 Å². The molecule has 0 fully saturated rings. The van der Waals surface area contributed by atoms with Crippen molar-refractivity contribution in [2.24, 2.45) is 0 Å². The second kappa shape index (κ2) is 8.50. The number of hydrogen-bond donors (Lipinski definition) is 1. The highest BCUT2D eigenvalue weighted by Crippen LogP contribution is 2.11. The molecule has 1 aromatic heterocycles. The van der Waals surface area contributed by atoms with Gasteiger partial charge in [0, 0.05) is 25.9 Å². The van der Waals surface area contributed by atoms with E-state index in [1.54, 1.807) is 0 Å². The Hall–Kier alpha value is -0.580. The zero-order valence-electron chi connectivity index (χ0n) is 10.7. The Morgan fingerprint density at radius 2 is 2.24 bits per heavy atom. The van der Waals surface area contributed by atoms with Gasteiger partial charge in [0.1, 0.15) is 0 Å². The molecule has 0 saturated carbocycles. The molecule has 1 rings (SSSR count). The average Bonchev–Trinajstić information content (AvgIpc) is 2.62. The molecule has 5 heteroatoms. The predicted octanol–water partition coefficient (Wildman–Crippen LogP) is 2.25. The molecule has 98 valence electrons. The van der Waals surface area contributed by atoms with Crippen LogP contribution in [0.15, 0.2) is 6.20 Å². The van der Waals surface area contributed by atoms with Gasteiger partial charge >= 0.3 is 0 Å². The average molecular weight is 260 g/mol. The van der Waals surface area contributed by atoms with Crippen molar-refractivity contribution in [1.29, 1.82) is 0 Å². The van der Waals surface area contributed by atoms with Gasteiger partial charge in [-0.2, -0.15) is 5.10 Å². The van der Waals surface area contributed by atoms with E-state index >= 15 is 0 Å². The Morgan fingerprint density at radius 3 is 2.88 bits per heavy atom. The van der Waals surface area contributed by atoms with Crippen molar-refractivity contribution in [3.05, 3.63) is 16.9 Å². The number of nitrogens with one attached hydrogen (secondary N) is 1. The Labute approximate surface area is 108 Å². The Bertz CT molecular complexity index is 295. The molecule has 1 N–H and O–H groups in total. The zero-order chi connectivity index (χ0) is 12.5. The molecule has 4 nitrogen and oxygen atoms in total. The minimum atomic E-state index is 0.730. The summed E-state index contributed by atoms with van der Waals surface area (Å²) in [5.74, 6) is 0. The van der Waals surface area contributed by atoms with Crippen molar-refractivity contribution in [3.8, 4) is 0 Å². The van der Waals surface area contributed by atoms with Crippen LogP contribution in [0.2, 0.25) is 5.02 Å². The van der Waals surface area contributed by atoms with Crippen molar-refractivity contribution >= 4 is 11.6 Å². The molecule has 0 radical (unpaired) electrons. The van der Waals surface area contributed by atoms with Gasteiger partial charge in [-0.25, -0.2) is 0 Å². The molecule has 1 heterocycles. The van der Waals surface area contributed by atoms with Crippen LogP contribution in [0.3, 0.4) is 0 Å². The second-order valence-electron chi connectivity index (χ2n) is 4.04. The number of rotatable bonds is 9. The monoisotopic (exact) mass is 259 g/mol. The van der Waals surface area contributed by atoms with Crippen LogP contribution in [-0.4, -0.2) is 36.1 Å². The van der Waals surface area contributed by atoms with Crippen molar-refractivity contribution in [1.82, 2.24) is 15.1 Å². The molecule has 0 spiro atoms. The Morgan fingerprint density at radius 1 is 1.41 bits per heavy atom. The summed E-state index contributed by atoms with van der Waals surface area (Å²) in [6.07, 6.45) is 4.19. The van der Waals surface area contributed by atoms with Crippen LogP contribution in [0.4, 0.5) is 0 Å². The molecule has 0 aliphatic carbocycles. The van der Waals surface area contributed by atoms with E-state index in [1.807, 2.05) is 17.8 Å². The maximum atomic E-state index is 5.92. The molecule has 0 aromatic carbocycles. The number of halogens is 1. The standard InChI is InChI=1S/C12H22ClN3O/c1-3-4-8-17-9-6-14-5-7-16-10-12(13)11(2)15-16/h10,14H,3-9H2,1-2H3. The zero-order valence-corrected chi connectivity index (χ0v) is 11.5. The topological polar surface area (TPSA) is 39.1 Å². The predicted molar refractivity (Wildman–Crippen MR) is 70.6 cm³/mol. The van der Waals surface area contributed by atoms with Crippen LogP contribution in [0, 0.1) is 6.92 Å². The number of hydrogen-bond acceptors (Lipinski definition) is 3. The van der Waals surface area contributed by atoms with E-state index in [2.05, 4.69) is 17.3 Å². The minimum absolute atomic E-state index is 0.730. The normalized spacial score (nSPS) is 11.0. The number of aryl methyl sites for hydroxylation is 1. The fourth-order valence-electron chi connectivity index (χ4n) is 1.42. The van der Waals surface area contributed by atoms with E-state index in [0.29, 0.717) is 0 Å². The fourth-order valence-corrected chi connectivity index (χ4v) is 1.57. The van der Waals surface area contributed by atoms with Crippen molar-refractivity contribution < 1.29 is 4.74 Å².